The van der Waals surface area contributed by atoms with Crippen molar-refractivity contribution in [1.29, 1.82) is 0 Å². The van der Waals surface area contributed by atoms with Crippen LogP contribution in [-0.2, 0) is 12.8 Å². The molecule has 0 aliphatic carbocycles. The Morgan fingerprint density at radius 1 is 1.33 bits per heavy atom. The fourth-order valence-electron chi connectivity index (χ4n) is 1.82. The van der Waals surface area contributed by atoms with E-state index in [1.807, 2.05) is 18.2 Å². The summed E-state index contributed by atoms with van der Waals surface area (Å²) in [6.45, 7) is 0. The molecular formula is C13H17N3O2. The number of nitrogens with zero attached hydrogens (tertiary/aromatic N) is 1. The average molecular weight is 247 g/mol. The summed E-state index contributed by atoms with van der Waals surface area (Å²) in [6.07, 6.45) is 6.82. The van der Waals surface area contributed by atoms with Gasteiger partial charge in [-0.25, -0.2) is 4.98 Å². The van der Waals surface area contributed by atoms with E-state index in [2.05, 4.69) is 10.4 Å². The number of hydrogen-bond donors (Lipinski definition) is 2. The summed E-state index contributed by atoms with van der Waals surface area (Å²) < 4.78 is 10.1. The van der Waals surface area contributed by atoms with E-state index < -0.39 is 0 Å². The maximum absolute atomic E-state index is 5.57. The van der Waals surface area contributed by atoms with Gasteiger partial charge < -0.3 is 9.15 Å². The lowest BCUT2D eigenvalue weighted by atomic mass is 10.0. The summed E-state index contributed by atoms with van der Waals surface area (Å²) in [5, 5.41) is 0. The third-order valence-electron chi connectivity index (χ3n) is 2.79. The summed E-state index contributed by atoms with van der Waals surface area (Å²) in [5.41, 5.74) is 5.05. The van der Waals surface area contributed by atoms with E-state index in [0.717, 1.165) is 24.0 Å². The highest BCUT2D eigenvalue weighted by Gasteiger charge is 2.10. The Morgan fingerprint density at radius 3 is 2.72 bits per heavy atom. The van der Waals surface area contributed by atoms with E-state index in [9.17, 15) is 0 Å². The quantitative estimate of drug-likeness (QED) is 0.594. The van der Waals surface area contributed by atoms with Gasteiger partial charge in [0.05, 0.1) is 19.6 Å². The minimum absolute atomic E-state index is 0.151. The highest BCUT2D eigenvalue weighted by molar-refractivity contribution is 5.19. The van der Waals surface area contributed by atoms with Crippen LogP contribution in [0.4, 0.5) is 0 Å². The lowest BCUT2D eigenvalue weighted by Gasteiger charge is -2.14. The number of nitrogens with one attached hydrogen (secondary N) is 1. The van der Waals surface area contributed by atoms with E-state index >= 15 is 0 Å². The molecule has 18 heavy (non-hydrogen) atoms. The molecule has 0 fully saturated rings. The monoisotopic (exact) mass is 247 g/mol. The van der Waals surface area contributed by atoms with Crippen molar-refractivity contribution in [3.05, 3.63) is 48.0 Å². The third kappa shape index (κ3) is 3.32. The Bertz CT molecular complexity index is 454. The molecule has 0 aliphatic heterocycles. The van der Waals surface area contributed by atoms with Gasteiger partial charge in [-0.1, -0.05) is 6.07 Å². The SMILES string of the molecule is COc1ccc(CC(Cc2ccoc2)NN)cn1. The zero-order valence-corrected chi connectivity index (χ0v) is 10.3. The average Bonchev–Trinajstić information content (AvgIpc) is 2.91. The number of methoxy groups -OCH3 is 1. The zero-order valence-electron chi connectivity index (χ0n) is 10.3. The van der Waals surface area contributed by atoms with E-state index in [-0.39, 0.29) is 6.04 Å². The lowest BCUT2D eigenvalue weighted by Crippen LogP contribution is -2.38. The van der Waals surface area contributed by atoms with Gasteiger partial charge in [0, 0.05) is 18.3 Å². The van der Waals surface area contributed by atoms with Crippen LogP contribution < -0.4 is 16.0 Å². The number of pyridine rings is 1. The van der Waals surface area contributed by atoms with Gasteiger partial charge in [-0.3, -0.25) is 11.3 Å². The van der Waals surface area contributed by atoms with Gasteiger partial charge in [0.15, 0.2) is 0 Å². The maximum atomic E-state index is 5.57. The fraction of sp³-hybridized carbons (Fsp3) is 0.308. The van der Waals surface area contributed by atoms with Crippen LogP contribution in [0.1, 0.15) is 11.1 Å². The highest BCUT2D eigenvalue weighted by atomic mass is 16.5. The van der Waals surface area contributed by atoms with Crippen LogP contribution in [0.3, 0.4) is 0 Å². The molecule has 0 saturated carbocycles. The van der Waals surface area contributed by atoms with Gasteiger partial charge in [-0.15, -0.1) is 0 Å². The Balaban J connectivity index is 1.96. The molecule has 2 rings (SSSR count). The van der Waals surface area contributed by atoms with Crippen LogP contribution in [0.2, 0.25) is 0 Å². The molecule has 2 aromatic rings. The van der Waals surface area contributed by atoms with Gasteiger partial charge in [0.1, 0.15) is 0 Å². The number of hydrazine groups is 1. The molecule has 5 heteroatoms. The first kappa shape index (κ1) is 12.6. The second-order valence-corrected chi connectivity index (χ2v) is 4.11. The molecule has 2 aromatic heterocycles. The molecule has 0 radical (unpaired) electrons. The smallest absolute Gasteiger partial charge is 0.212 e. The van der Waals surface area contributed by atoms with E-state index in [1.54, 1.807) is 25.8 Å². The van der Waals surface area contributed by atoms with Gasteiger partial charge in [0.25, 0.3) is 0 Å². The van der Waals surface area contributed by atoms with Gasteiger partial charge in [-0.2, -0.15) is 0 Å². The number of rotatable bonds is 6. The fourth-order valence-corrected chi connectivity index (χ4v) is 1.82. The Hall–Kier alpha value is -1.85. The third-order valence-corrected chi connectivity index (χ3v) is 2.79. The first-order valence-corrected chi connectivity index (χ1v) is 5.78. The molecule has 96 valence electrons. The predicted molar refractivity (Wildman–Crippen MR) is 68.0 cm³/mol. The van der Waals surface area contributed by atoms with E-state index in [0.29, 0.717) is 5.88 Å². The van der Waals surface area contributed by atoms with Crippen LogP contribution in [-0.4, -0.2) is 18.1 Å². The first-order chi connectivity index (χ1) is 8.81. The molecule has 2 heterocycles. The normalized spacial score (nSPS) is 12.3. The number of aromatic nitrogens is 1. The van der Waals surface area contributed by atoms with Crippen LogP contribution in [0.15, 0.2) is 41.3 Å². The lowest BCUT2D eigenvalue weighted by molar-refractivity contribution is 0.397. The Morgan fingerprint density at radius 2 is 2.17 bits per heavy atom. The minimum atomic E-state index is 0.151. The van der Waals surface area contributed by atoms with Gasteiger partial charge in [0.2, 0.25) is 5.88 Å². The van der Waals surface area contributed by atoms with Crippen molar-refractivity contribution in [2.24, 2.45) is 5.84 Å². The van der Waals surface area contributed by atoms with Crippen molar-refractivity contribution in [3.63, 3.8) is 0 Å². The summed E-state index contributed by atoms with van der Waals surface area (Å²) in [4.78, 5) is 4.17. The number of furan rings is 1. The summed E-state index contributed by atoms with van der Waals surface area (Å²) in [7, 11) is 1.60. The largest absolute Gasteiger partial charge is 0.481 e. The zero-order chi connectivity index (χ0) is 12.8. The minimum Gasteiger partial charge on any atom is -0.481 e. The van der Waals surface area contributed by atoms with Gasteiger partial charge in [-0.05, 0) is 30.0 Å². The molecule has 1 atom stereocenters. The van der Waals surface area contributed by atoms with Crippen molar-refractivity contribution in [1.82, 2.24) is 10.4 Å². The molecule has 0 aliphatic rings. The number of ether oxygens (including phenoxy) is 1. The highest BCUT2D eigenvalue weighted by Crippen LogP contribution is 2.11. The molecule has 0 aromatic carbocycles. The topological polar surface area (TPSA) is 73.3 Å². The number of hydrogen-bond acceptors (Lipinski definition) is 5. The summed E-state index contributed by atoms with van der Waals surface area (Å²) >= 11 is 0. The molecule has 5 nitrogen and oxygen atoms in total. The second-order valence-electron chi connectivity index (χ2n) is 4.11. The standard InChI is InChI=1S/C13H17N3O2/c1-17-13-3-2-10(8-15-13)6-12(16-14)7-11-4-5-18-9-11/h2-5,8-9,12,16H,6-7,14H2,1H3. The predicted octanol–water partition coefficient (Wildman–Crippen LogP) is 1.30. The van der Waals surface area contributed by atoms with Crippen molar-refractivity contribution in [2.75, 3.05) is 7.11 Å². The van der Waals surface area contributed by atoms with Crippen molar-refractivity contribution >= 4 is 0 Å². The van der Waals surface area contributed by atoms with E-state index in [1.165, 1.54) is 0 Å². The van der Waals surface area contributed by atoms with Crippen molar-refractivity contribution < 1.29 is 9.15 Å². The molecule has 0 saturated heterocycles. The maximum Gasteiger partial charge on any atom is 0.212 e. The van der Waals surface area contributed by atoms with Crippen LogP contribution in [0, 0.1) is 0 Å². The van der Waals surface area contributed by atoms with E-state index in [4.69, 9.17) is 15.0 Å². The van der Waals surface area contributed by atoms with Crippen LogP contribution in [0.5, 0.6) is 5.88 Å². The van der Waals surface area contributed by atoms with Crippen molar-refractivity contribution in [3.8, 4) is 5.88 Å². The van der Waals surface area contributed by atoms with Crippen LogP contribution >= 0.6 is 0 Å². The number of nitrogens with two attached hydrogens (primary N) is 1. The Kier molecular flexibility index (Phi) is 4.33. The molecule has 3 N–H and O–H groups in total. The molecule has 1 unspecified atom stereocenters. The second kappa shape index (κ2) is 6.18. The molecular weight excluding hydrogens is 230 g/mol. The Labute approximate surface area is 106 Å². The first-order valence-electron chi connectivity index (χ1n) is 5.78. The summed E-state index contributed by atoms with van der Waals surface area (Å²) in [5.74, 6) is 6.18. The molecule has 0 amide bonds. The molecule has 0 spiro atoms. The van der Waals surface area contributed by atoms with Crippen molar-refractivity contribution in [2.45, 2.75) is 18.9 Å². The van der Waals surface area contributed by atoms with Crippen LogP contribution in [0.25, 0.3) is 0 Å². The molecule has 0 bridgehead atoms. The van der Waals surface area contributed by atoms with Gasteiger partial charge >= 0.3 is 0 Å². The summed E-state index contributed by atoms with van der Waals surface area (Å²) in [6, 6.07) is 5.93.